The van der Waals surface area contributed by atoms with Crippen LogP contribution in [0.25, 0.3) is 0 Å². The van der Waals surface area contributed by atoms with Crippen molar-refractivity contribution in [3.8, 4) is 5.75 Å². The molecule has 1 unspecified atom stereocenters. The second-order valence-electron chi connectivity index (χ2n) is 4.73. The van der Waals surface area contributed by atoms with Crippen LogP contribution in [0.2, 0.25) is 10.0 Å². The minimum atomic E-state index is -0.404. The fraction of sp³-hybridized carbons (Fsp3) is 0.250. The van der Waals surface area contributed by atoms with Crippen molar-refractivity contribution in [2.75, 3.05) is 13.7 Å². The smallest absolute Gasteiger partial charge is 0.165 e. The Bertz CT molecular complexity index is 613. The number of hydrogen-bond acceptors (Lipinski definition) is 2. The van der Waals surface area contributed by atoms with Gasteiger partial charge in [-0.3, -0.25) is 0 Å². The molecule has 0 aliphatic heterocycles. The highest BCUT2D eigenvalue weighted by atomic mass is 35.5. The lowest BCUT2D eigenvalue weighted by Crippen LogP contribution is -2.15. The van der Waals surface area contributed by atoms with Gasteiger partial charge in [0.25, 0.3) is 0 Å². The number of benzene rings is 2. The highest BCUT2D eigenvalue weighted by Crippen LogP contribution is 2.31. The summed E-state index contributed by atoms with van der Waals surface area (Å²) in [5.41, 5.74) is 7.46. The number of ether oxygens (including phenoxy) is 1. The summed E-state index contributed by atoms with van der Waals surface area (Å²) in [6, 6.07) is 10.2. The van der Waals surface area contributed by atoms with E-state index in [9.17, 15) is 4.39 Å². The fourth-order valence-corrected chi connectivity index (χ4v) is 2.80. The second kappa shape index (κ2) is 7.12. The maximum Gasteiger partial charge on any atom is 0.165 e. The highest BCUT2D eigenvalue weighted by molar-refractivity contribution is 6.36. The Hall–Kier alpha value is -1.29. The Kier molecular flexibility index (Phi) is 5.45. The van der Waals surface area contributed by atoms with Crippen LogP contribution in [0, 0.1) is 5.82 Å². The van der Waals surface area contributed by atoms with Crippen molar-refractivity contribution in [1.82, 2.24) is 0 Å². The van der Waals surface area contributed by atoms with Crippen LogP contribution in [0.5, 0.6) is 5.75 Å². The van der Waals surface area contributed by atoms with E-state index in [4.69, 9.17) is 33.7 Å². The van der Waals surface area contributed by atoms with Crippen molar-refractivity contribution in [2.45, 2.75) is 12.3 Å². The van der Waals surface area contributed by atoms with Crippen molar-refractivity contribution in [3.63, 3.8) is 0 Å². The molecule has 2 aromatic rings. The minimum absolute atomic E-state index is 0.0668. The molecule has 2 rings (SSSR count). The molecule has 0 fully saturated rings. The van der Waals surface area contributed by atoms with Gasteiger partial charge in [-0.25, -0.2) is 4.39 Å². The van der Waals surface area contributed by atoms with Crippen molar-refractivity contribution in [2.24, 2.45) is 5.73 Å². The van der Waals surface area contributed by atoms with Crippen LogP contribution in [-0.2, 0) is 6.42 Å². The van der Waals surface area contributed by atoms with Gasteiger partial charge in [0.15, 0.2) is 11.6 Å². The van der Waals surface area contributed by atoms with Crippen molar-refractivity contribution >= 4 is 23.2 Å². The van der Waals surface area contributed by atoms with Gasteiger partial charge in [0.05, 0.1) is 7.11 Å². The highest BCUT2D eigenvalue weighted by Gasteiger charge is 2.16. The Morgan fingerprint density at radius 3 is 2.38 bits per heavy atom. The first-order valence-corrected chi connectivity index (χ1v) is 7.28. The molecule has 0 aromatic heterocycles. The van der Waals surface area contributed by atoms with Gasteiger partial charge in [-0.05, 0) is 48.4 Å². The van der Waals surface area contributed by atoms with E-state index in [2.05, 4.69) is 0 Å². The topological polar surface area (TPSA) is 35.2 Å². The molecule has 0 bridgehead atoms. The normalized spacial score (nSPS) is 12.2. The molecule has 112 valence electrons. The number of methoxy groups -OCH3 is 1. The zero-order valence-corrected chi connectivity index (χ0v) is 13.1. The van der Waals surface area contributed by atoms with E-state index in [1.807, 2.05) is 6.07 Å². The SMILES string of the molecule is COc1ccc(C(CN)Cc2c(Cl)cccc2Cl)cc1F. The summed E-state index contributed by atoms with van der Waals surface area (Å²) in [5.74, 6) is -0.258. The Labute approximate surface area is 133 Å². The van der Waals surface area contributed by atoms with Crippen LogP contribution in [0.3, 0.4) is 0 Å². The third-order valence-electron chi connectivity index (χ3n) is 3.44. The molecule has 5 heteroatoms. The van der Waals surface area contributed by atoms with E-state index < -0.39 is 5.82 Å². The molecular weight excluding hydrogens is 312 g/mol. The van der Waals surface area contributed by atoms with E-state index in [1.165, 1.54) is 13.2 Å². The molecule has 0 saturated heterocycles. The zero-order valence-electron chi connectivity index (χ0n) is 11.6. The lowest BCUT2D eigenvalue weighted by molar-refractivity contribution is 0.386. The van der Waals surface area contributed by atoms with Gasteiger partial charge in [-0.15, -0.1) is 0 Å². The van der Waals surface area contributed by atoms with Gasteiger partial charge in [0.1, 0.15) is 0 Å². The minimum Gasteiger partial charge on any atom is -0.494 e. The lowest BCUT2D eigenvalue weighted by atomic mass is 9.92. The second-order valence-corrected chi connectivity index (χ2v) is 5.55. The van der Waals surface area contributed by atoms with Crippen LogP contribution < -0.4 is 10.5 Å². The third kappa shape index (κ3) is 3.67. The molecular formula is C16H16Cl2FNO. The Balaban J connectivity index is 2.30. The van der Waals surface area contributed by atoms with Crippen LogP contribution >= 0.6 is 23.2 Å². The summed E-state index contributed by atoms with van der Waals surface area (Å²) in [5, 5.41) is 1.19. The van der Waals surface area contributed by atoms with E-state index >= 15 is 0 Å². The summed E-state index contributed by atoms with van der Waals surface area (Å²) in [6.07, 6.45) is 0.556. The fourth-order valence-electron chi connectivity index (χ4n) is 2.25. The monoisotopic (exact) mass is 327 g/mol. The largest absolute Gasteiger partial charge is 0.494 e. The number of nitrogens with two attached hydrogens (primary N) is 1. The van der Waals surface area contributed by atoms with E-state index in [-0.39, 0.29) is 11.7 Å². The molecule has 2 N–H and O–H groups in total. The predicted molar refractivity (Wildman–Crippen MR) is 84.9 cm³/mol. The zero-order chi connectivity index (χ0) is 15.4. The molecule has 0 aliphatic carbocycles. The van der Waals surface area contributed by atoms with Crippen molar-refractivity contribution in [1.29, 1.82) is 0 Å². The Morgan fingerprint density at radius 2 is 1.86 bits per heavy atom. The predicted octanol–water partition coefficient (Wildman–Crippen LogP) is 4.43. The Morgan fingerprint density at radius 1 is 1.19 bits per heavy atom. The van der Waals surface area contributed by atoms with Gasteiger partial charge >= 0.3 is 0 Å². The van der Waals surface area contributed by atoms with E-state index in [1.54, 1.807) is 24.3 Å². The van der Waals surface area contributed by atoms with Crippen LogP contribution in [0.15, 0.2) is 36.4 Å². The summed E-state index contributed by atoms with van der Waals surface area (Å²) in [6.45, 7) is 0.368. The number of halogens is 3. The standard InChI is InChI=1S/C16H16Cl2FNO/c1-21-16-6-5-10(8-15(16)19)11(9-20)7-12-13(17)3-2-4-14(12)18/h2-6,8,11H,7,9,20H2,1H3. The maximum atomic E-state index is 13.8. The third-order valence-corrected chi connectivity index (χ3v) is 4.15. The van der Waals surface area contributed by atoms with Crippen LogP contribution in [-0.4, -0.2) is 13.7 Å². The average Bonchev–Trinajstić information content (AvgIpc) is 2.47. The maximum absolute atomic E-state index is 13.8. The van der Waals surface area contributed by atoms with Gasteiger partial charge < -0.3 is 10.5 Å². The molecule has 1 atom stereocenters. The van der Waals surface area contributed by atoms with Gasteiger partial charge in [-0.1, -0.05) is 35.3 Å². The molecule has 2 aromatic carbocycles. The lowest BCUT2D eigenvalue weighted by Gasteiger charge is -2.18. The summed E-state index contributed by atoms with van der Waals surface area (Å²) < 4.78 is 18.7. The molecule has 0 saturated carbocycles. The summed E-state index contributed by atoms with van der Waals surface area (Å²) in [4.78, 5) is 0. The number of rotatable bonds is 5. The van der Waals surface area contributed by atoms with Gasteiger partial charge in [0.2, 0.25) is 0 Å². The number of hydrogen-bond donors (Lipinski definition) is 1. The van der Waals surface area contributed by atoms with Crippen LogP contribution in [0.4, 0.5) is 4.39 Å². The average molecular weight is 328 g/mol. The molecule has 0 heterocycles. The molecule has 2 nitrogen and oxygen atoms in total. The van der Waals surface area contributed by atoms with Gasteiger partial charge in [-0.2, -0.15) is 0 Å². The summed E-state index contributed by atoms with van der Waals surface area (Å²) >= 11 is 12.4. The molecule has 0 amide bonds. The van der Waals surface area contributed by atoms with E-state index in [0.29, 0.717) is 23.0 Å². The first-order valence-electron chi connectivity index (χ1n) is 6.53. The summed E-state index contributed by atoms with van der Waals surface area (Å²) in [7, 11) is 1.43. The quantitative estimate of drug-likeness (QED) is 0.881. The molecule has 0 radical (unpaired) electrons. The first kappa shape index (κ1) is 16.1. The van der Waals surface area contributed by atoms with Gasteiger partial charge in [0, 0.05) is 16.0 Å². The molecule has 0 aliphatic rings. The van der Waals surface area contributed by atoms with Crippen molar-refractivity contribution < 1.29 is 9.13 Å². The molecule has 21 heavy (non-hydrogen) atoms. The van der Waals surface area contributed by atoms with Crippen molar-refractivity contribution in [3.05, 3.63) is 63.4 Å². The molecule has 0 spiro atoms. The van der Waals surface area contributed by atoms with E-state index in [0.717, 1.165) is 11.1 Å². The first-order chi connectivity index (χ1) is 10.1. The van der Waals surface area contributed by atoms with Crippen LogP contribution in [0.1, 0.15) is 17.0 Å².